The Morgan fingerprint density at radius 2 is 1.67 bits per heavy atom. The van der Waals surface area contributed by atoms with E-state index in [1.807, 2.05) is 6.07 Å². The third kappa shape index (κ3) is 2.37. The summed E-state index contributed by atoms with van der Waals surface area (Å²) >= 11 is 0. The van der Waals surface area contributed by atoms with Crippen molar-refractivity contribution in [3.05, 3.63) is 57.1 Å². The fourth-order valence-electron chi connectivity index (χ4n) is 5.29. The molecule has 1 aromatic carbocycles. The summed E-state index contributed by atoms with van der Waals surface area (Å²) in [6.07, 6.45) is 2.84. The average molecular weight is 410 g/mol. The van der Waals surface area contributed by atoms with E-state index in [9.17, 15) is 30.0 Å². The SMILES string of the molecule is NC(=O)C1=C(O)C2=C(O)C3=C(O)c4c(O)ccc(C5CC5)c4CC3CC2C(N)C1=O. The zero-order chi connectivity index (χ0) is 21.5. The number of phenols is 1. The van der Waals surface area contributed by atoms with Crippen molar-refractivity contribution in [1.29, 1.82) is 0 Å². The Kier molecular flexibility index (Phi) is 3.82. The predicted octanol–water partition coefficient (Wildman–Crippen LogP) is 1.75. The second-order valence-corrected chi connectivity index (χ2v) is 8.55. The first-order chi connectivity index (χ1) is 14.2. The molecule has 3 unspecified atom stereocenters. The Balaban J connectivity index is 1.76. The molecule has 8 N–H and O–H groups in total. The van der Waals surface area contributed by atoms with E-state index in [2.05, 4.69) is 0 Å². The highest BCUT2D eigenvalue weighted by atomic mass is 16.3. The largest absolute Gasteiger partial charge is 0.507 e. The van der Waals surface area contributed by atoms with Crippen LogP contribution in [0.5, 0.6) is 5.75 Å². The summed E-state index contributed by atoms with van der Waals surface area (Å²) in [4.78, 5) is 24.2. The van der Waals surface area contributed by atoms with Gasteiger partial charge in [-0.2, -0.15) is 0 Å². The van der Waals surface area contributed by atoms with Crippen LogP contribution in [0.15, 0.2) is 40.4 Å². The van der Waals surface area contributed by atoms with Crippen molar-refractivity contribution >= 4 is 17.4 Å². The molecule has 1 aromatic rings. The van der Waals surface area contributed by atoms with Crippen LogP contribution in [-0.2, 0) is 16.0 Å². The van der Waals surface area contributed by atoms with Crippen LogP contribution in [0, 0.1) is 11.8 Å². The van der Waals surface area contributed by atoms with E-state index in [4.69, 9.17) is 11.5 Å². The smallest absolute Gasteiger partial charge is 0.256 e. The van der Waals surface area contributed by atoms with Crippen molar-refractivity contribution in [2.24, 2.45) is 23.3 Å². The first-order valence-corrected chi connectivity index (χ1v) is 9.97. The van der Waals surface area contributed by atoms with Crippen LogP contribution in [-0.4, -0.2) is 38.2 Å². The van der Waals surface area contributed by atoms with Gasteiger partial charge in [0.25, 0.3) is 5.91 Å². The predicted molar refractivity (Wildman–Crippen MR) is 106 cm³/mol. The first-order valence-electron chi connectivity index (χ1n) is 9.97. The second-order valence-electron chi connectivity index (χ2n) is 8.55. The van der Waals surface area contributed by atoms with E-state index < -0.39 is 40.7 Å². The topological polar surface area (TPSA) is 167 Å². The fourth-order valence-corrected chi connectivity index (χ4v) is 5.29. The van der Waals surface area contributed by atoms with Crippen molar-refractivity contribution in [3.8, 4) is 5.75 Å². The minimum Gasteiger partial charge on any atom is -0.507 e. The van der Waals surface area contributed by atoms with Crippen molar-refractivity contribution in [3.63, 3.8) is 0 Å². The average Bonchev–Trinajstić information content (AvgIpc) is 3.50. The molecule has 1 fully saturated rings. The van der Waals surface area contributed by atoms with Gasteiger partial charge in [0, 0.05) is 17.1 Å². The molecule has 1 amide bonds. The number of aromatic hydroxyl groups is 1. The molecule has 8 nitrogen and oxygen atoms in total. The van der Waals surface area contributed by atoms with Crippen LogP contribution in [0.4, 0.5) is 0 Å². The molecule has 0 heterocycles. The van der Waals surface area contributed by atoms with Crippen LogP contribution in [0.25, 0.3) is 5.76 Å². The molecule has 0 aliphatic heterocycles. The maximum absolute atomic E-state index is 12.5. The Labute approximate surface area is 171 Å². The number of nitrogens with two attached hydrogens (primary N) is 2. The number of carbonyl (C=O) groups excluding carboxylic acids is 2. The van der Waals surface area contributed by atoms with E-state index >= 15 is 0 Å². The Morgan fingerprint density at radius 1 is 0.967 bits per heavy atom. The molecule has 4 aliphatic rings. The maximum atomic E-state index is 12.5. The number of benzene rings is 1. The molecule has 5 rings (SSSR count). The molecule has 4 aliphatic carbocycles. The number of hydrogen-bond acceptors (Lipinski definition) is 7. The van der Waals surface area contributed by atoms with Crippen molar-refractivity contribution in [2.75, 3.05) is 0 Å². The zero-order valence-electron chi connectivity index (χ0n) is 16.1. The van der Waals surface area contributed by atoms with Gasteiger partial charge >= 0.3 is 0 Å². The lowest BCUT2D eigenvalue weighted by Crippen LogP contribution is -2.49. The van der Waals surface area contributed by atoms with Crippen LogP contribution in [0.1, 0.15) is 41.9 Å². The van der Waals surface area contributed by atoms with Crippen molar-refractivity contribution < 1.29 is 30.0 Å². The molecule has 0 spiro atoms. The summed E-state index contributed by atoms with van der Waals surface area (Å²) < 4.78 is 0. The van der Waals surface area contributed by atoms with Gasteiger partial charge in [0.15, 0.2) is 5.78 Å². The van der Waals surface area contributed by atoms with Gasteiger partial charge in [0.05, 0.1) is 11.6 Å². The summed E-state index contributed by atoms with van der Waals surface area (Å²) in [5.74, 6) is -4.04. The molecular formula is C22H22N2O6. The molecule has 30 heavy (non-hydrogen) atoms. The standard InChI is InChI=1S/C22H22N2O6/c23-17-11-6-8-5-10-9(7-1-2-7)3-4-12(25)14(10)18(26)13(8)19(27)15(11)20(28)16(21(17)29)22(24)30/h3-4,7-8,11,17,25-28H,1-2,5-6,23H2,(H2,24,30). The maximum Gasteiger partial charge on any atom is 0.256 e. The summed E-state index contributed by atoms with van der Waals surface area (Å²) in [5, 5.41) is 43.1. The third-order valence-electron chi connectivity index (χ3n) is 6.84. The van der Waals surface area contributed by atoms with Crippen molar-refractivity contribution in [2.45, 2.75) is 37.6 Å². The highest BCUT2D eigenvalue weighted by Gasteiger charge is 2.49. The van der Waals surface area contributed by atoms with E-state index in [1.165, 1.54) is 6.07 Å². The number of phenolic OH excluding ortho intramolecular Hbond substituents is 1. The minimum atomic E-state index is -1.14. The Hall–Kier alpha value is -3.26. The van der Waals surface area contributed by atoms with Gasteiger partial charge in [-0.1, -0.05) is 6.07 Å². The molecular weight excluding hydrogens is 388 g/mol. The summed E-state index contributed by atoms with van der Waals surface area (Å²) in [7, 11) is 0. The van der Waals surface area contributed by atoms with E-state index in [-0.39, 0.29) is 34.1 Å². The normalized spacial score (nSPS) is 28.3. The Morgan fingerprint density at radius 3 is 2.30 bits per heavy atom. The quantitative estimate of drug-likeness (QED) is 0.404. The van der Waals surface area contributed by atoms with Crippen LogP contribution < -0.4 is 11.5 Å². The molecule has 3 atom stereocenters. The molecule has 0 aromatic heterocycles. The Bertz CT molecular complexity index is 1120. The van der Waals surface area contributed by atoms with Crippen LogP contribution in [0.2, 0.25) is 0 Å². The zero-order valence-corrected chi connectivity index (χ0v) is 16.1. The van der Waals surface area contributed by atoms with Crippen molar-refractivity contribution in [1.82, 2.24) is 0 Å². The number of ketones is 1. The van der Waals surface area contributed by atoms with E-state index in [0.29, 0.717) is 18.8 Å². The van der Waals surface area contributed by atoms with Crippen LogP contribution >= 0.6 is 0 Å². The van der Waals surface area contributed by atoms with E-state index in [1.54, 1.807) is 0 Å². The number of carbonyl (C=O) groups is 2. The second kappa shape index (κ2) is 6.12. The summed E-state index contributed by atoms with van der Waals surface area (Å²) in [6.45, 7) is 0. The van der Waals surface area contributed by atoms with Gasteiger partial charge in [-0.25, -0.2) is 0 Å². The van der Waals surface area contributed by atoms with Gasteiger partial charge in [-0.15, -0.1) is 0 Å². The van der Waals surface area contributed by atoms with Gasteiger partial charge in [0.2, 0.25) is 0 Å². The number of primary amides is 1. The number of aliphatic hydroxyl groups excluding tert-OH is 3. The highest BCUT2D eigenvalue weighted by Crippen LogP contribution is 2.53. The number of hydrogen-bond donors (Lipinski definition) is 6. The minimum absolute atomic E-state index is 0.0602. The molecule has 1 saturated carbocycles. The van der Waals surface area contributed by atoms with E-state index in [0.717, 1.165) is 24.0 Å². The first kappa shape index (κ1) is 18.7. The number of aliphatic hydroxyl groups is 3. The molecule has 0 saturated heterocycles. The summed E-state index contributed by atoms with van der Waals surface area (Å²) in [5.41, 5.74) is 13.0. The lowest BCUT2D eigenvalue weighted by atomic mass is 9.64. The molecule has 0 radical (unpaired) electrons. The highest BCUT2D eigenvalue weighted by molar-refractivity contribution is 6.22. The third-order valence-corrected chi connectivity index (χ3v) is 6.84. The molecule has 156 valence electrons. The molecule has 0 bridgehead atoms. The lowest BCUT2D eigenvalue weighted by molar-refractivity contribution is -0.123. The number of allylic oxidation sites excluding steroid dienone is 2. The monoisotopic (exact) mass is 410 g/mol. The van der Waals surface area contributed by atoms with Crippen LogP contribution in [0.3, 0.4) is 0 Å². The number of amides is 1. The van der Waals surface area contributed by atoms with Gasteiger partial charge in [-0.3, -0.25) is 9.59 Å². The lowest BCUT2D eigenvalue weighted by Gasteiger charge is -2.41. The van der Waals surface area contributed by atoms with Gasteiger partial charge in [0.1, 0.15) is 28.6 Å². The number of rotatable bonds is 2. The van der Waals surface area contributed by atoms with Gasteiger partial charge < -0.3 is 31.9 Å². The number of fused-ring (bicyclic) bond motifs is 3. The molecule has 8 heteroatoms. The summed E-state index contributed by atoms with van der Waals surface area (Å²) in [6, 6.07) is 2.27. The fraction of sp³-hybridized carbons (Fsp3) is 0.364. The van der Waals surface area contributed by atoms with Gasteiger partial charge in [-0.05, 0) is 54.7 Å². The number of Topliss-reactive ketones (excluding diaryl/α,β-unsaturated/α-hetero) is 1.